The third-order valence-electron chi connectivity index (χ3n) is 3.73. The molecule has 0 aliphatic heterocycles. The minimum absolute atomic E-state index is 0.239. The number of aromatic nitrogens is 3. The highest BCUT2D eigenvalue weighted by Crippen LogP contribution is 2.29. The number of carbonyl (C=O) groups excluding carboxylic acids is 1. The largest absolute Gasteiger partial charge is 0.321 e. The number of hydrogen-bond donors (Lipinski definition) is 1. The van der Waals surface area contributed by atoms with Crippen LogP contribution in [0.25, 0.3) is 21.8 Å². The molecular formula is C20H14N4OS. The first kappa shape index (κ1) is 16.1. The van der Waals surface area contributed by atoms with Gasteiger partial charge in [-0.2, -0.15) is 0 Å². The SMILES string of the molecule is O=C(Nc1cccc(-c2csc(-c3cccnc3)n2)c1)c1ccccn1. The fourth-order valence-corrected chi connectivity index (χ4v) is 3.30. The number of amides is 1. The van der Waals surface area contributed by atoms with E-state index in [2.05, 4.69) is 20.3 Å². The van der Waals surface area contributed by atoms with E-state index in [1.165, 1.54) is 0 Å². The first-order valence-electron chi connectivity index (χ1n) is 7.98. The van der Waals surface area contributed by atoms with Crippen LogP contribution in [0.3, 0.4) is 0 Å². The summed E-state index contributed by atoms with van der Waals surface area (Å²) in [5.41, 5.74) is 3.88. The number of rotatable bonds is 4. The highest BCUT2D eigenvalue weighted by atomic mass is 32.1. The van der Waals surface area contributed by atoms with Gasteiger partial charge in [-0.1, -0.05) is 18.2 Å². The zero-order valence-corrected chi connectivity index (χ0v) is 14.5. The molecule has 0 saturated carbocycles. The maximum atomic E-state index is 12.3. The Morgan fingerprint density at radius 3 is 2.69 bits per heavy atom. The van der Waals surface area contributed by atoms with Crippen LogP contribution in [0, 0.1) is 0 Å². The van der Waals surface area contributed by atoms with Crippen molar-refractivity contribution in [2.75, 3.05) is 5.32 Å². The van der Waals surface area contributed by atoms with Crippen molar-refractivity contribution in [1.82, 2.24) is 15.0 Å². The summed E-state index contributed by atoms with van der Waals surface area (Å²) in [5.74, 6) is -0.239. The fraction of sp³-hybridized carbons (Fsp3) is 0. The van der Waals surface area contributed by atoms with Crippen LogP contribution in [0.1, 0.15) is 10.5 Å². The number of nitrogens with one attached hydrogen (secondary N) is 1. The molecule has 3 heterocycles. The normalized spacial score (nSPS) is 10.5. The molecule has 1 N–H and O–H groups in total. The maximum absolute atomic E-state index is 12.3. The first-order chi connectivity index (χ1) is 12.8. The molecular weight excluding hydrogens is 344 g/mol. The van der Waals surface area contributed by atoms with E-state index in [-0.39, 0.29) is 5.91 Å². The second-order valence-corrected chi connectivity index (χ2v) is 6.39. The lowest BCUT2D eigenvalue weighted by atomic mass is 10.1. The molecule has 1 aromatic carbocycles. The summed E-state index contributed by atoms with van der Waals surface area (Å²) in [7, 11) is 0. The van der Waals surface area contributed by atoms with Crippen LogP contribution < -0.4 is 5.32 Å². The Kier molecular flexibility index (Phi) is 4.49. The molecule has 0 bridgehead atoms. The fourth-order valence-electron chi connectivity index (χ4n) is 2.48. The second kappa shape index (κ2) is 7.25. The smallest absolute Gasteiger partial charge is 0.274 e. The highest BCUT2D eigenvalue weighted by Gasteiger charge is 2.10. The maximum Gasteiger partial charge on any atom is 0.274 e. The van der Waals surface area contributed by atoms with Crippen molar-refractivity contribution >= 4 is 22.9 Å². The van der Waals surface area contributed by atoms with Gasteiger partial charge in [0, 0.05) is 40.8 Å². The second-order valence-electron chi connectivity index (χ2n) is 5.53. The summed E-state index contributed by atoms with van der Waals surface area (Å²) < 4.78 is 0. The molecule has 0 saturated heterocycles. The van der Waals surface area contributed by atoms with E-state index in [1.54, 1.807) is 48.1 Å². The Morgan fingerprint density at radius 2 is 1.88 bits per heavy atom. The van der Waals surface area contributed by atoms with Gasteiger partial charge in [0.05, 0.1) is 5.69 Å². The van der Waals surface area contributed by atoms with Crippen LogP contribution in [0.2, 0.25) is 0 Å². The summed E-state index contributed by atoms with van der Waals surface area (Å²) in [6.45, 7) is 0. The van der Waals surface area contributed by atoms with E-state index in [1.807, 2.05) is 41.8 Å². The third kappa shape index (κ3) is 3.50. The third-order valence-corrected chi connectivity index (χ3v) is 4.62. The number of benzene rings is 1. The lowest BCUT2D eigenvalue weighted by molar-refractivity contribution is 0.102. The number of hydrogen-bond acceptors (Lipinski definition) is 5. The molecule has 126 valence electrons. The van der Waals surface area contributed by atoms with Gasteiger partial charge in [0.1, 0.15) is 10.7 Å². The van der Waals surface area contributed by atoms with Crippen molar-refractivity contribution in [1.29, 1.82) is 0 Å². The number of carbonyl (C=O) groups is 1. The van der Waals surface area contributed by atoms with Crippen molar-refractivity contribution in [3.8, 4) is 21.8 Å². The van der Waals surface area contributed by atoms with Gasteiger partial charge in [0.25, 0.3) is 5.91 Å². The molecule has 4 rings (SSSR count). The van der Waals surface area contributed by atoms with E-state index in [9.17, 15) is 4.79 Å². The summed E-state index contributed by atoms with van der Waals surface area (Å²) >= 11 is 1.57. The quantitative estimate of drug-likeness (QED) is 0.582. The Balaban J connectivity index is 1.57. The van der Waals surface area contributed by atoms with E-state index in [0.717, 1.165) is 21.8 Å². The molecule has 0 spiro atoms. The number of nitrogens with zero attached hydrogens (tertiary/aromatic N) is 3. The van der Waals surface area contributed by atoms with E-state index >= 15 is 0 Å². The van der Waals surface area contributed by atoms with Crippen molar-refractivity contribution in [2.45, 2.75) is 0 Å². The van der Waals surface area contributed by atoms with Gasteiger partial charge >= 0.3 is 0 Å². The average Bonchev–Trinajstić information content (AvgIpc) is 3.20. The predicted molar refractivity (Wildman–Crippen MR) is 103 cm³/mol. The Hall–Kier alpha value is -3.38. The predicted octanol–water partition coefficient (Wildman–Crippen LogP) is 4.52. The molecule has 0 radical (unpaired) electrons. The summed E-state index contributed by atoms with van der Waals surface area (Å²) in [6.07, 6.45) is 5.14. The van der Waals surface area contributed by atoms with Crippen molar-refractivity contribution in [3.63, 3.8) is 0 Å². The van der Waals surface area contributed by atoms with Crippen LogP contribution in [-0.2, 0) is 0 Å². The van der Waals surface area contributed by atoms with Gasteiger partial charge in [0.15, 0.2) is 0 Å². The first-order valence-corrected chi connectivity index (χ1v) is 8.86. The Bertz CT molecular complexity index is 1030. The lowest BCUT2D eigenvalue weighted by Gasteiger charge is -2.06. The summed E-state index contributed by atoms with van der Waals surface area (Å²) in [4.78, 5) is 25.1. The average molecular weight is 358 g/mol. The molecule has 6 heteroatoms. The molecule has 26 heavy (non-hydrogen) atoms. The van der Waals surface area contributed by atoms with Crippen molar-refractivity contribution in [3.05, 3.63) is 84.3 Å². The molecule has 5 nitrogen and oxygen atoms in total. The van der Waals surface area contributed by atoms with Crippen LogP contribution in [0.5, 0.6) is 0 Å². The number of thiazole rings is 1. The van der Waals surface area contributed by atoms with E-state index < -0.39 is 0 Å². The molecule has 4 aromatic rings. The van der Waals surface area contributed by atoms with Gasteiger partial charge in [0.2, 0.25) is 0 Å². The summed E-state index contributed by atoms with van der Waals surface area (Å²) in [5, 5.41) is 5.79. The van der Waals surface area contributed by atoms with Crippen molar-refractivity contribution in [2.24, 2.45) is 0 Å². The monoisotopic (exact) mass is 358 g/mol. The van der Waals surface area contributed by atoms with Gasteiger partial charge < -0.3 is 5.32 Å². The molecule has 0 aliphatic carbocycles. The van der Waals surface area contributed by atoms with Gasteiger partial charge in [-0.15, -0.1) is 11.3 Å². The topological polar surface area (TPSA) is 67.8 Å². The number of pyridine rings is 2. The molecule has 1 amide bonds. The molecule has 0 aliphatic rings. The van der Waals surface area contributed by atoms with Crippen LogP contribution >= 0.6 is 11.3 Å². The van der Waals surface area contributed by atoms with Crippen LogP contribution in [-0.4, -0.2) is 20.9 Å². The standard InChI is InChI=1S/C20H14N4OS/c25-19(17-8-1-2-10-22-17)23-16-7-3-5-14(11-16)18-13-26-20(24-18)15-6-4-9-21-12-15/h1-13H,(H,23,25). The zero-order valence-electron chi connectivity index (χ0n) is 13.7. The minimum Gasteiger partial charge on any atom is -0.321 e. The highest BCUT2D eigenvalue weighted by molar-refractivity contribution is 7.13. The number of anilines is 1. The van der Waals surface area contributed by atoms with Crippen LogP contribution in [0.15, 0.2) is 78.6 Å². The summed E-state index contributed by atoms with van der Waals surface area (Å²) in [6, 6.07) is 16.7. The molecule has 0 unspecified atom stereocenters. The molecule has 0 atom stereocenters. The zero-order chi connectivity index (χ0) is 17.8. The Labute approximate surface area is 154 Å². The van der Waals surface area contributed by atoms with E-state index in [4.69, 9.17) is 0 Å². The lowest BCUT2D eigenvalue weighted by Crippen LogP contribution is -2.13. The van der Waals surface area contributed by atoms with E-state index in [0.29, 0.717) is 11.4 Å². The van der Waals surface area contributed by atoms with Crippen LogP contribution in [0.4, 0.5) is 5.69 Å². The van der Waals surface area contributed by atoms with Gasteiger partial charge in [-0.3, -0.25) is 14.8 Å². The Morgan fingerprint density at radius 1 is 0.962 bits per heavy atom. The molecule has 3 aromatic heterocycles. The van der Waals surface area contributed by atoms with Crippen molar-refractivity contribution < 1.29 is 4.79 Å². The van der Waals surface area contributed by atoms with Gasteiger partial charge in [-0.05, 0) is 36.4 Å². The van der Waals surface area contributed by atoms with Gasteiger partial charge in [-0.25, -0.2) is 4.98 Å². The molecule has 0 fully saturated rings. The minimum atomic E-state index is -0.239.